The molecule has 2 aromatic rings. The van der Waals surface area contributed by atoms with Crippen molar-refractivity contribution >= 4 is 39.1 Å². The zero-order valence-electron chi connectivity index (χ0n) is 17.1. The number of halogens is 3. The summed E-state index contributed by atoms with van der Waals surface area (Å²) in [5.74, 6) is 1.40. The Labute approximate surface area is 196 Å². The van der Waals surface area contributed by atoms with Gasteiger partial charge in [-0.05, 0) is 43.8 Å². The molecule has 0 radical (unpaired) electrons. The lowest BCUT2D eigenvalue weighted by molar-refractivity contribution is 0.0374. The molecule has 1 aliphatic heterocycles. The molecule has 1 aliphatic rings. The molecule has 1 saturated heterocycles. The van der Waals surface area contributed by atoms with Crippen LogP contribution in [0.4, 0.5) is 0 Å². The Balaban J connectivity index is 1.60. The number of nitrogens with zero attached hydrogens (tertiary/aromatic N) is 1. The van der Waals surface area contributed by atoms with E-state index in [1.54, 1.807) is 19.2 Å². The second-order valence-electron chi connectivity index (χ2n) is 7.07. The largest absolute Gasteiger partial charge is 0.493 e. The lowest BCUT2D eigenvalue weighted by Gasteiger charge is -2.26. The van der Waals surface area contributed by atoms with Gasteiger partial charge in [0.2, 0.25) is 0 Å². The summed E-state index contributed by atoms with van der Waals surface area (Å²) < 4.78 is 18.1. The standard InChI is InChI=1S/C22H27BrCl2N2O3/c1-28-21-6-5-19(23)18(14-26-7-2-8-27-9-11-29-12-10-27)22(21)30-15-16-3-4-17(24)13-20(16)25/h3-6,13,26H,2,7-12,14-15H2,1H3. The van der Waals surface area contributed by atoms with Crippen LogP contribution in [0.5, 0.6) is 11.5 Å². The van der Waals surface area contributed by atoms with Crippen LogP contribution < -0.4 is 14.8 Å². The van der Waals surface area contributed by atoms with Crippen molar-refractivity contribution in [2.45, 2.75) is 19.6 Å². The van der Waals surface area contributed by atoms with E-state index in [1.165, 1.54) is 0 Å². The third kappa shape index (κ3) is 6.74. The van der Waals surface area contributed by atoms with Gasteiger partial charge in [-0.25, -0.2) is 0 Å². The summed E-state index contributed by atoms with van der Waals surface area (Å²) in [7, 11) is 1.64. The topological polar surface area (TPSA) is 43.0 Å². The predicted octanol–water partition coefficient (Wildman–Crippen LogP) is 5.16. The van der Waals surface area contributed by atoms with Gasteiger partial charge < -0.3 is 19.5 Å². The molecule has 0 aliphatic carbocycles. The van der Waals surface area contributed by atoms with E-state index in [2.05, 4.69) is 26.1 Å². The number of hydrogen-bond acceptors (Lipinski definition) is 5. The molecule has 1 N–H and O–H groups in total. The zero-order valence-corrected chi connectivity index (χ0v) is 20.2. The number of methoxy groups -OCH3 is 1. The normalized spacial score (nSPS) is 14.7. The maximum absolute atomic E-state index is 6.29. The van der Waals surface area contributed by atoms with Crippen LogP contribution in [0.1, 0.15) is 17.5 Å². The van der Waals surface area contributed by atoms with Crippen molar-refractivity contribution in [3.8, 4) is 11.5 Å². The maximum atomic E-state index is 6.29. The van der Waals surface area contributed by atoms with Crippen LogP contribution in [0.25, 0.3) is 0 Å². The molecule has 8 heteroatoms. The van der Waals surface area contributed by atoms with Gasteiger partial charge in [-0.15, -0.1) is 0 Å². The Morgan fingerprint density at radius 3 is 2.70 bits per heavy atom. The molecule has 0 aromatic heterocycles. The molecular weight excluding hydrogens is 491 g/mol. The van der Waals surface area contributed by atoms with Gasteiger partial charge in [-0.2, -0.15) is 0 Å². The summed E-state index contributed by atoms with van der Waals surface area (Å²) in [5.41, 5.74) is 1.89. The van der Waals surface area contributed by atoms with Crippen LogP contribution in [0.2, 0.25) is 10.0 Å². The molecular formula is C22H27BrCl2N2O3. The average molecular weight is 518 g/mol. The van der Waals surface area contributed by atoms with Crippen molar-refractivity contribution in [1.29, 1.82) is 0 Å². The molecule has 0 bridgehead atoms. The van der Waals surface area contributed by atoms with Crippen LogP contribution in [0, 0.1) is 0 Å². The number of nitrogens with one attached hydrogen (secondary N) is 1. The highest BCUT2D eigenvalue weighted by atomic mass is 79.9. The Hall–Kier alpha value is -1.02. The lowest BCUT2D eigenvalue weighted by Crippen LogP contribution is -2.37. The Morgan fingerprint density at radius 2 is 1.97 bits per heavy atom. The minimum Gasteiger partial charge on any atom is -0.493 e. The van der Waals surface area contributed by atoms with Crippen molar-refractivity contribution in [2.24, 2.45) is 0 Å². The van der Waals surface area contributed by atoms with Gasteiger partial charge >= 0.3 is 0 Å². The molecule has 1 heterocycles. The summed E-state index contributed by atoms with van der Waals surface area (Å²) in [6, 6.07) is 9.27. The lowest BCUT2D eigenvalue weighted by atomic mass is 10.1. The molecule has 0 amide bonds. The quantitative estimate of drug-likeness (QED) is 0.441. The molecule has 3 rings (SSSR count). The molecule has 2 aromatic carbocycles. The minimum atomic E-state index is 0.326. The molecule has 1 fully saturated rings. The SMILES string of the molecule is COc1ccc(Br)c(CNCCCN2CCOCC2)c1OCc1ccc(Cl)cc1Cl. The molecule has 30 heavy (non-hydrogen) atoms. The van der Waals surface area contributed by atoms with E-state index in [0.717, 1.165) is 61.4 Å². The highest BCUT2D eigenvalue weighted by molar-refractivity contribution is 9.10. The maximum Gasteiger partial charge on any atom is 0.167 e. The van der Waals surface area contributed by atoms with Crippen molar-refractivity contribution in [3.05, 3.63) is 56.0 Å². The number of morpholine rings is 1. The minimum absolute atomic E-state index is 0.326. The smallest absolute Gasteiger partial charge is 0.167 e. The molecule has 0 unspecified atom stereocenters. The van der Waals surface area contributed by atoms with Gasteiger partial charge in [-0.3, -0.25) is 4.90 Å². The molecule has 0 saturated carbocycles. The number of benzene rings is 2. The first-order valence-corrected chi connectivity index (χ1v) is 11.6. The van der Waals surface area contributed by atoms with Crippen molar-refractivity contribution in [1.82, 2.24) is 10.2 Å². The van der Waals surface area contributed by atoms with Crippen LogP contribution in [0.3, 0.4) is 0 Å². The van der Waals surface area contributed by atoms with E-state index in [9.17, 15) is 0 Å². The fraction of sp³-hybridized carbons (Fsp3) is 0.455. The van der Waals surface area contributed by atoms with E-state index in [4.69, 9.17) is 37.4 Å². The fourth-order valence-corrected chi connectivity index (χ4v) is 4.24. The van der Waals surface area contributed by atoms with Gasteiger partial charge in [0, 0.05) is 45.3 Å². The van der Waals surface area contributed by atoms with E-state index in [0.29, 0.717) is 34.7 Å². The van der Waals surface area contributed by atoms with Gasteiger partial charge in [0.1, 0.15) is 6.61 Å². The van der Waals surface area contributed by atoms with Gasteiger partial charge in [0.05, 0.1) is 20.3 Å². The summed E-state index contributed by atoms with van der Waals surface area (Å²) in [4.78, 5) is 2.44. The monoisotopic (exact) mass is 516 g/mol. The Morgan fingerprint density at radius 1 is 1.17 bits per heavy atom. The van der Waals surface area contributed by atoms with Gasteiger partial charge in [-0.1, -0.05) is 45.2 Å². The predicted molar refractivity (Wildman–Crippen MR) is 125 cm³/mol. The fourth-order valence-electron chi connectivity index (χ4n) is 3.32. The van der Waals surface area contributed by atoms with Crippen LogP contribution in [-0.4, -0.2) is 51.4 Å². The van der Waals surface area contributed by atoms with E-state index >= 15 is 0 Å². The van der Waals surface area contributed by atoms with Crippen LogP contribution in [-0.2, 0) is 17.9 Å². The molecule has 0 spiro atoms. The third-order valence-corrected chi connectivity index (χ3v) is 6.34. The van der Waals surface area contributed by atoms with E-state index in [1.807, 2.05) is 18.2 Å². The van der Waals surface area contributed by atoms with Crippen LogP contribution >= 0.6 is 39.1 Å². The molecule has 5 nitrogen and oxygen atoms in total. The second-order valence-corrected chi connectivity index (χ2v) is 8.76. The molecule has 164 valence electrons. The van der Waals surface area contributed by atoms with Gasteiger partial charge in [0.25, 0.3) is 0 Å². The number of rotatable bonds is 10. The van der Waals surface area contributed by atoms with Crippen molar-refractivity contribution in [3.63, 3.8) is 0 Å². The zero-order chi connectivity index (χ0) is 21.3. The van der Waals surface area contributed by atoms with E-state index in [-0.39, 0.29) is 0 Å². The summed E-state index contributed by atoms with van der Waals surface area (Å²) in [6.45, 7) is 6.71. The van der Waals surface area contributed by atoms with E-state index < -0.39 is 0 Å². The highest BCUT2D eigenvalue weighted by Crippen LogP contribution is 2.37. The number of ether oxygens (including phenoxy) is 3. The summed E-state index contributed by atoms with van der Waals surface area (Å²) >= 11 is 15.9. The summed E-state index contributed by atoms with van der Waals surface area (Å²) in [5, 5.41) is 4.71. The first kappa shape index (κ1) is 23.6. The number of hydrogen-bond donors (Lipinski definition) is 1. The second kappa shape index (κ2) is 12.1. The summed E-state index contributed by atoms with van der Waals surface area (Å²) in [6.07, 6.45) is 1.08. The van der Waals surface area contributed by atoms with Crippen LogP contribution in [0.15, 0.2) is 34.8 Å². The Kier molecular flexibility index (Phi) is 9.56. The molecule has 0 atom stereocenters. The first-order chi connectivity index (χ1) is 14.6. The van der Waals surface area contributed by atoms with Crippen molar-refractivity contribution in [2.75, 3.05) is 46.5 Å². The third-order valence-electron chi connectivity index (χ3n) is 5.01. The average Bonchev–Trinajstić information content (AvgIpc) is 2.75. The van der Waals surface area contributed by atoms with Crippen molar-refractivity contribution < 1.29 is 14.2 Å². The first-order valence-electron chi connectivity index (χ1n) is 10.0. The highest BCUT2D eigenvalue weighted by Gasteiger charge is 2.16. The van der Waals surface area contributed by atoms with Gasteiger partial charge in [0.15, 0.2) is 11.5 Å². The Bertz CT molecular complexity index is 832.